The zero-order chi connectivity index (χ0) is 14.3. The van der Waals surface area contributed by atoms with Gasteiger partial charge in [0.2, 0.25) is 0 Å². The SMILES string of the molecule is CCCOC(=O)CC(N)c1ccc(OC)c(OC)c1. The average Bonchev–Trinajstić information content (AvgIpc) is 2.44. The van der Waals surface area contributed by atoms with E-state index in [-0.39, 0.29) is 12.4 Å². The van der Waals surface area contributed by atoms with Gasteiger partial charge in [0, 0.05) is 6.04 Å². The van der Waals surface area contributed by atoms with Gasteiger partial charge in [0.25, 0.3) is 0 Å². The first-order chi connectivity index (χ1) is 9.12. The van der Waals surface area contributed by atoms with Crippen LogP contribution < -0.4 is 15.2 Å². The molecule has 0 fully saturated rings. The molecule has 0 heterocycles. The van der Waals surface area contributed by atoms with Gasteiger partial charge in [0.05, 0.1) is 27.2 Å². The summed E-state index contributed by atoms with van der Waals surface area (Å²) in [6, 6.07) is 4.95. The smallest absolute Gasteiger partial charge is 0.307 e. The van der Waals surface area contributed by atoms with E-state index in [1.807, 2.05) is 13.0 Å². The predicted molar refractivity (Wildman–Crippen MR) is 72.3 cm³/mol. The molecule has 5 nitrogen and oxygen atoms in total. The number of hydrogen-bond donors (Lipinski definition) is 1. The van der Waals surface area contributed by atoms with E-state index in [2.05, 4.69) is 0 Å². The molecule has 0 amide bonds. The second-order valence-electron chi connectivity index (χ2n) is 4.15. The highest BCUT2D eigenvalue weighted by Crippen LogP contribution is 2.30. The fourth-order valence-corrected chi connectivity index (χ4v) is 1.66. The number of carbonyl (C=O) groups is 1. The van der Waals surface area contributed by atoms with E-state index in [9.17, 15) is 4.79 Å². The Kier molecular flexibility index (Phi) is 6.15. The lowest BCUT2D eigenvalue weighted by Gasteiger charge is -2.14. The minimum Gasteiger partial charge on any atom is -0.493 e. The lowest BCUT2D eigenvalue weighted by atomic mass is 10.0. The first-order valence-electron chi connectivity index (χ1n) is 6.25. The molecule has 106 valence electrons. The average molecular weight is 267 g/mol. The third-order valence-electron chi connectivity index (χ3n) is 2.69. The van der Waals surface area contributed by atoms with E-state index in [1.54, 1.807) is 26.4 Å². The van der Waals surface area contributed by atoms with Gasteiger partial charge in [0.1, 0.15) is 0 Å². The molecular formula is C14H21NO4. The molecule has 5 heteroatoms. The zero-order valence-electron chi connectivity index (χ0n) is 11.6. The Morgan fingerprint density at radius 3 is 2.53 bits per heavy atom. The number of methoxy groups -OCH3 is 2. The molecule has 0 bridgehead atoms. The Morgan fingerprint density at radius 1 is 1.26 bits per heavy atom. The minimum atomic E-state index is -0.413. The van der Waals surface area contributed by atoms with E-state index in [0.717, 1.165) is 12.0 Å². The monoisotopic (exact) mass is 267 g/mol. The molecule has 0 aromatic heterocycles. The van der Waals surface area contributed by atoms with E-state index in [4.69, 9.17) is 19.9 Å². The summed E-state index contributed by atoms with van der Waals surface area (Å²) in [4.78, 5) is 11.5. The molecule has 0 aliphatic heterocycles. The molecular weight excluding hydrogens is 246 g/mol. The summed E-state index contributed by atoms with van der Waals surface area (Å²) in [5, 5.41) is 0. The normalized spacial score (nSPS) is 11.8. The summed E-state index contributed by atoms with van der Waals surface area (Å²) in [6.07, 6.45) is 0.951. The topological polar surface area (TPSA) is 70.8 Å². The molecule has 0 saturated carbocycles. The van der Waals surface area contributed by atoms with E-state index in [0.29, 0.717) is 18.1 Å². The van der Waals surface area contributed by atoms with E-state index in [1.165, 1.54) is 0 Å². The van der Waals surface area contributed by atoms with Crippen molar-refractivity contribution in [2.75, 3.05) is 20.8 Å². The summed E-state index contributed by atoms with van der Waals surface area (Å²) in [6.45, 7) is 2.37. The van der Waals surface area contributed by atoms with Gasteiger partial charge >= 0.3 is 5.97 Å². The van der Waals surface area contributed by atoms with Crippen LogP contribution in [0.1, 0.15) is 31.4 Å². The summed E-state index contributed by atoms with van der Waals surface area (Å²) in [5.74, 6) is 0.938. The zero-order valence-corrected chi connectivity index (χ0v) is 11.6. The fraction of sp³-hybridized carbons (Fsp3) is 0.500. The van der Waals surface area contributed by atoms with Crippen LogP contribution in [-0.4, -0.2) is 26.8 Å². The van der Waals surface area contributed by atoms with Crippen LogP contribution in [0, 0.1) is 0 Å². The van der Waals surface area contributed by atoms with Crippen molar-refractivity contribution in [1.29, 1.82) is 0 Å². The van der Waals surface area contributed by atoms with Crippen molar-refractivity contribution in [2.24, 2.45) is 5.73 Å². The Hall–Kier alpha value is -1.75. The predicted octanol–water partition coefficient (Wildman–Crippen LogP) is 2.05. The number of rotatable bonds is 7. The fourth-order valence-electron chi connectivity index (χ4n) is 1.66. The van der Waals surface area contributed by atoms with Gasteiger partial charge in [-0.3, -0.25) is 4.79 Å². The largest absolute Gasteiger partial charge is 0.493 e. The van der Waals surface area contributed by atoms with Crippen molar-refractivity contribution in [1.82, 2.24) is 0 Å². The maximum atomic E-state index is 11.5. The van der Waals surface area contributed by atoms with Gasteiger partial charge in [-0.25, -0.2) is 0 Å². The molecule has 0 aliphatic rings. The van der Waals surface area contributed by atoms with Crippen molar-refractivity contribution < 1.29 is 19.0 Å². The third kappa shape index (κ3) is 4.44. The quantitative estimate of drug-likeness (QED) is 0.765. The van der Waals surface area contributed by atoms with Crippen LogP contribution in [0.5, 0.6) is 11.5 Å². The van der Waals surface area contributed by atoms with Gasteiger partial charge in [-0.1, -0.05) is 13.0 Å². The number of nitrogens with two attached hydrogens (primary N) is 1. The summed E-state index contributed by atoms with van der Waals surface area (Å²) >= 11 is 0. The molecule has 0 saturated heterocycles. The van der Waals surface area contributed by atoms with Crippen LogP contribution in [-0.2, 0) is 9.53 Å². The van der Waals surface area contributed by atoms with Crippen LogP contribution in [0.3, 0.4) is 0 Å². The lowest BCUT2D eigenvalue weighted by molar-refractivity contribution is -0.144. The van der Waals surface area contributed by atoms with Gasteiger partial charge in [-0.2, -0.15) is 0 Å². The molecule has 19 heavy (non-hydrogen) atoms. The minimum absolute atomic E-state index is 0.148. The first-order valence-corrected chi connectivity index (χ1v) is 6.25. The lowest BCUT2D eigenvalue weighted by Crippen LogP contribution is -2.17. The van der Waals surface area contributed by atoms with Crippen LogP contribution in [0.15, 0.2) is 18.2 Å². The van der Waals surface area contributed by atoms with Crippen molar-refractivity contribution in [2.45, 2.75) is 25.8 Å². The van der Waals surface area contributed by atoms with E-state index < -0.39 is 6.04 Å². The standard InChI is InChI=1S/C14H21NO4/c1-4-7-19-14(16)9-11(15)10-5-6-12(17-2)13(8-10)18-3/h5-6,8,11H,4,7,9,15H2,1-3H3. The number of ether oxygens (including phenoxy) is 3. The molecule has 0 spiro atoms. The summed E-state index contributed by atoms with van der Waals surface area (Å²) < 4.78 is 15.4. The Balaban J connectivity index is 2.71. The van der Waals surface area contributed by atoms with Crippen LogP contribution in [0.25, 0.3) is 0 Å². The van der Waals surface area contributed by atoms with Crippen molar-refractivity contribution in [3.05, 3.63) is 23.8 Å². The highest BCUT2D eigenvalue weighted by atomic mass is 16.5. The molecule has 2 N–H and O–H groups in total. The summed E-state index contributed by atoms with van der Waals surface area (Å²) in [5.41, 5.74) is 6.80. The molecule has 0 radical (unpaired) electrons. The van der Waals surface area contributed by atoms with Crippen LogP contribution >= 0.6 is 0 Å². The molecule has 1 aromatic carbocycles. The Bertz CT molecular complexity index is 420. The molecule has 1 rings (SSSR count). The second-order valence-corrected chi connectivity index (χ2v) is 4.15. The number of hydrogen-bond acceptors (Lipinski definition) is 5. The first kappa shape index (κ1) is 15.3. The third-order valence-corrected chi connectivity index (χ3v) is 2.69. The number of benzene rings is 1. The number of carbonyl (C=O) groups excluding carboxylic acids is 1. The molecule has 1 atom stereocenters. The maximum Gasteiger partial charge on any atom is 0.307 e. The highest BCUT2D eigenvalue weighted by molar-refractivity contribution is 5.70. The number of esters is 1. The van der Waals surface area contributed by atoms with Gasteiger partial charge in [-0.05, 0) is 24.1 Å². The van der Waals surface area contributed by atoms with Gasteiger partial charge < -0.3 is 19.9 Å². The Labute approximate surface area is 113 Å². The molecule has 0 aliphatic carbocycles. The summed E-state index contributed by atoms with van der Waals surface area (Å²) in [7, 11) is 3.13. The van der Waals surface area contributed by atoms with Gasteiger partial charge in [0.15, 0.2) is 11.5 Å². The Morgan fingerprint density at radius 2 is 1.95 bits per heavy atom. The molecule has 1 unspecified atom stereocenters. The molecule has 1 aromatic rings. The highest BCUT2D eigenvalue weighted by Gasteiger charge is 2.15. The van der Waals surface area contributed by atoms with Crippen molar-refractivity contribution >= 4 is 5.97 Å². The van der Waals surface area contributed by atoms with Crippen LogP contribution in [0.4, 0.5) is 0 Å². The van der Waals surface area contributed by atoms with E-state index >= 15 is 0 Å². The maximum absolute atomic E-state index is 11.5. The van der Waals surface area contributed by atoms with Crippen molar-refractivity contribution in [3.63, 3.8) is 0 Å². The second kappa shape index (κ2) is 7.63. The van der Waals surface area contributed by atoms with Crippen LogP contribution in [0.2, 0.25) is 0 Å². The van der Waals surface area contributed by atoms with Crippen molar-refractivity contribution in [3.8, 4) is 11.5 Å². The van der Waals surface area contributed by atoms with Gasteiger partial charge in [-0.15, -0.1) is 0 Å².